The van der Waals surface area contributed by atoms with Gasteiger partial charge in [-0.05, 0) is 57.0 Å². The van der Waals surface area contributed by atoms with Crippen LogP contribution in [0.5, 0.6) is 0 Å². The first-order valence-electron chi connectivity index (χ1n) is 9.27. The summed E-state index contributed by atoms with van der Waals surface area (Å²) in [5.74, 6) is -0.128. The summed E-state index contributed by atoms with van der Waals surface area (Å²) in [6.45, 7) is 7.81. The number of amides is 2. The van der Waals surface area contributed by atoms with Crippen LogP contribution in [-0.4, -0.2) is 35.6 Å². The van der Waals surface area contributed by atoms with E-state index < -0.39 is 11.7 Å². The van der Waals surface area contributed by atoms with Crippen molar-refractivity contribution in [3.8, 4) is 0 Å². The number of hydrogen-bond donors (Lipinski definition) is 0. The second kappa shape index (κ2) is 7.95. The van der Waals surface area contributed by atoms with E-state index in [0.717, 1.165) is 21.3 Å². The molecule has 1 unspecified atom stereocenters. The lowest BCUT2D eigenvalue weighted by Gasteiger charge is -2.42. The smallest absolute Gasteiger partial charge is 0.410 e. The number of ether oxygens (including phenoxy) is 1. The molecule has 1 fully saturated rings. The third kappa shape index (κ3) is 4.55. The van der Waals surface area contributed by atoms with Gasteiger partial charge in [-0.25, -0.2) is 4.79 Å². The van der Waals surface area contributed by atoms with Gasteiger partial charge in [-0.3, -0.25) is 9.69 Å². The highest BCUT2D eigenvalue weighted by Gasteiger charge is 2.38. The standard InChI is InChI=1S/C22H25BrN2O3/c1-15-8-5-6-11-18(15)25-19(16-9-7-10-17(23)12-16)13-24(14-20(25)26)21(27)28-22(2,3)4/h5-12,19H,13-14H2,1-4H3. The molecular formula is C22H25BrN2O3. The molecular weight excluding hydrogens is 420 g/mol. The van der Waals surface area contributed by atoms with Crippen LogP contribution in [0.15, 0.2) is 53.0 Å². The minimum atomic E-state index is -0.613. The van der Waals surface area contributed by atoms with E-state index in [-0.39, 0.29) is 18.5 Å². The van der Waals surface area contributed by atoms with Crippen molar-refractivity contribution in [2.45, 2.75) is 39.3 Å². The van der Waals surface area contributed by atoms with Crippen molar-refractivity contribution in [1.29, 1.82) is 0 Å². The van der Waals surface area contributed by atoms with E-state index >= 15 is 0 Å². The van der Waals surface area contributed by atoms with Crippen molar-refractivity contribution in [2.24, 2.45) is 0 Å². The largest absolute Gasteiger partial charge is 0.444 e. The number of halogens is 1. The summed E-state index contributed by atoms with van der Waals surface area (Å²) in [5, 5.41) is 0. The number of hydrogen-bond acceptors (Lipinski definition) is 3. The van der Waals surface area contributed by atoms with Crippen molar-refractivity contribution in [3.05, 3.63) is 64.1 Å². The van der Waals surface area contributed by atoms with Gasteiger partial charge >= 0.3 is 6.09 Å². The first-order valence-corrected chi connectivity index (χ1v) is 10.1. The predicted octanol–water partition coefficient (Wildman–Crippen LogP) is 5.08. The summed E-state index contributed by atoms with van der Waals surface area (Å²) >= 11 is 3.51. The third-order valence-corrected chi connectivity index (χ3v) is 5.05. The number of para-hydroxylation sites is 1. The van der Waals surface area contributed by atoms with Crippen LogP contribution in [0.1, 0.15) is 37.9 Å². The molecule has 2 aromatic rings. The molecule has 1 saturated heterocycles. The number of rotatable bonds is 2. The number of nitrogens with zero attached hydrogens (tertiary/aromatic N) is 2. The Morgan fingerprint density at radius 2 is 1.86 bits per heavy atom. The number of carbonyl (C=O) groups excluding carboxylic acids is 2. The summed E-state index contributed by atoms with van der Waals surface area (Å²) in [6, 6.07) is 15.4. The maximum absolute atomic E-state index is 13.2. The highest BCUT2D eigenvalue weighted by molar-refractivity contribution is 9.10. The zero-order valence-corrected chi connectivity index (χ0v) is 18.2. The molecule has 0 radical (unpaired) electrons. The normalized spacial score (nSPS) is 17.6. The first-order chi connectivity index (χ1) is 13.2. The number of aryl methyl sites for hydroxylation is 1. The first kappa shape index (κ1) is 20.4. The van der Waals surface area contributed by atoms with Crippen molar-refractivity contribution in [2.75, 3.05) is 18.0 Å². The lowest BCUT2D eigenvalue weighted by Crippen LogP contribution is -2.55. The zero-order valence-electron chi connectivity index (χ0n) is 16.6. The fourth-order valence-corrected chi connectivity index (χ4v) is 3.76. The van der Waals surface area contributed by atoms with Crippen molar-refractivity contribution < 1.29 is 14.3 Å². The number of anilines is 1. The lowest BCUT2D eigenvalue weighted by molar-refractivity contribution is -0.122. The lowest BCUT2D eigenvalue weighted by atomic mass is 10.00. The minimum absolute atomic E-state index is 0.00620. The van der Waals surface area contributed by atoms with Gasteiger partial charge in [0.15, 0.2) is 0 Å². The van der Waals surface area contributed by atoms with Crippen LogP contribution in [0.4, 0.5) is 10.5 Å². The van der Waals surface area contributed by atoms with Crippen molar-refractivity contribution in [3.63, 3.8) is 0 Å². The molecule has 5 nitrogen and oxygen atoms in total. The van der Waals surface area contributed by atoms with Crippen LogP contribution in [0.3, 0.4) is 0 Å². The topological polar surface area (TPSA) is 49.9 Å². The molecule has 1 aliphatic heterocycles. The Hall–Kier alpha value is -2.34. The van der Waals surface area contributed by atoms with E-state index in [1.54, 1.807) is 4.90 Å². The van der Waals surface area contributed by atoms with Crippen LogP contribution in [-0.2, 0) is 9.53 Å². The molecule has 0 saturated carbocycles. The maximum Gasteiger partial charge on any atom is 0.410 e. The molecule has 1 aliphatic rings. The number of piperazine rings is 1. The summed E-state index contributed by atoms with van der Waals surface area (Å²) in [5.41, 5.74) is 2.22. The molecule has 1 heterocycles. The highest BCUT2D eigenvalue weighted by atomic mass is 79.9. The molecule has 0 aromatic heterocycles. The minimum Gasteiger partial charge on any atom is -0.444 e. The molecule has 0 spiro atoms. The van der Waals surface area contributed by atoms with E-state index in [1.807, 2.05) is 76.2 Å². The van der Waals surface area contributed by atoms with Gasteiger partial charge in [0.1, 0.15) is 12.1 Å². The SMILES string of the molecule is Cc1ccccc1N1C(=O)CN(C(=O)OC(C)(C)C)CC1c1cccc(Br)c1. The molecule has 1 atom stereocenters. The van der Waals surface area contributed by atoms with Crippen LogP contribution < -0.4 is 4.90 Å². The second-order valence-electron chi connectivity index (χ2n) is 7.98. The molecule has 6 heteroatoms. The second-order valence-corrected chi connectivity index (χ2v) is 8.90. The van der Waals surface area contributed by atoms with E-state index in [0.29, 0.717) is 6.54 Å². The van der Waals surface area contributed by atoms with Crippen LogP contribution in [0.2, 0.25) is 0 Å². The van der Waals surface area contributed by atoms with E-state index in [2.05, 4.69) is 15.9 Å². The molecule has 28 heavy (non-hydrogen) atoms. The van der Waals surface area contributed by atoms with Crippen LogP contribution in [0.25, 0.3) is 0 Å². The molecule has 0 bridgehead atoms. The van der Waals surface area contributed by atoms with Gasteiger partial charge in [0, 0.05) is 16.7 Å². The molecule has 148 valence electrons. The van der Waals surface area contributed by atoms with Gasteiger partial charge < -0.3 is 9.64 Å². The van der Waals surface area contributed by atoms with Crippen LogP contribution >= 0.6 is 15.9 Å². The number of benzene rings is 2. The Bertz CT molecular complexity index is 891. The molecule has 3 rings (SSSR count). The average Bonchev–Trinajstić information content (AvgIpc) is 2.60. The summed E-state index contributed by atoms with van der Waals surface area (Å²) in [4.78, 5) is 29.1. The van der Waals surface area contributed by atoms with Gasteiger partial charge in [-0.15, -0.1) is 0 Å². The third-order valence-electron chi connectivity index (χ3n) is 4.56. The Kier molecular flexibility index (Phi) is 5.79. The van der Waals surface area contributed by atoms with Gasteiger partial charge in [-0.1, -0.05) is 46.3 Å². The number of carbonyl (C=O) groups is 2. The Balaban J connectivity index is 2.00. The Morgan fingerprint density at radius 3 is 2.50 bits per heavy atom. The van der Waals surface area contributed by atoms with Gasteiger partial charge in [0.2, 0.25) is 5.91 Å². The molecule has 0 N–H and O–H groups in total. The van der Waals surface area contributed by atoms with E-state index in [1.165, 1.54) is 4.90 Å². The highest BCUT2D eigenvalue weighted by Crippen LogP contribution is 2.34. The Morgan fingerprint density at radius 1 is 1.14 bits per heavy atom. The molecule has 0 aliphatic carbocycles. The quantitative estimate of drug-likeness (QED) is 0.648. The summed E-state index contributed by atoms with van der Waals surface area (Å²) in [6.07, 6.45) is -0.467. The predicted molar refractivity (Wildman–Crippen MR) is 113 cm³/mol. The maximum atomic E-state index is 13.2. The summed E-state index contributed by atoms with van der Waals surface area (Å²) < 4.78 is 6.43. The molecule has 2 aromatic carbocycles. The zero-order chi connectivity index (χ0) is 20.5. The average molecular weight is 445 g/mol. The van der Waals surface area contributed by atoms with Gasteiger partial charge in [0.05, 0.1) is 6.04 Å². The fourth-order valence-electron chi connectivity index (χ4n) is 3.34. The van der Waals surface area contributed by atoms with E-state index in [4.69, 9.17) is 4.74 Å². The molecule has 2 amide bonds. The van der Waals surface area contributed by atoms with Gasteiger partial charge in [-0.2, -0.15) is 0 Å². The fraction of sp³-hybridized carbons (Fsp3) is 0.364. The van der Waals surface area contributed by atoms with Gasteiger partial charge in [0.25, 0.3) is 0 Å². The van der Waals surface area contributed by atoms with E-state index in [9.17, 15) is 9.59 Å². The summed E-state index contributed by atoms with van der Waals surface area (Å²) in [7, 11) is 0. The Labute approximate surface area is 174 Å². The van der Waals surface area contributed by atoms with Crippen molar-refractivity contribution >= 4 is 33.6 Å². The monoisotopic (exact) mass is 444 g/mol. The van der Waals surface area contributed by atoms with Crippen LogP contribution in [0, 0.1) is 6.92 Å². The van der Waals surface area contributed by atoms with Crippen molar-refractivity contribution in [1.82, 2.24) is 4.90 Å².